The number of hydrogen-bond acceptors (Lipinski definition) is 5. The van der Waals surface area contributed by atoms with Gasteiger partial charge in [-0.05, 0) is 25.9 Å². The van der Waals surface area contributed by atoms with Crippen molar-refractivity contribution in [2.24, 2.45) is 5.92 Å². The highest BCUT2D eigenvalue weighted by atomic mass is 16.4. The van der Waals surface area contributed by atoms with Gasteiger partial charge in [0.1, 0.15) is 0 Å². The highest BCUT2D eigenvalue weighted by Gasteiger charge is 2.24. The third-order valence-electron chi connectivity index (χ3n) is 2.69. The topological polar surface area (TPSA) is 95.0 Å². The van der Waals surface area contributed by atoms with E-state index in [0.717, 1.165) is 13.1 Å². The molecule has 2 heterocycles. The average molecular weight is 211 g/mol. The fourth-order valence-electron chi connectivity index (χ4n) is 1.79. The lowest BCUT2D eigenvalue weighted by atomic mass is 9.97. The fourth-order valence-corrected chi connectivity index (χ4v) is 1.79. The Hall–Kier alpha value is -1.50. The Kier molecular flexibility index (Phi) is 2.91. The van der Waals surface area contributed by atoms with E-state index in [0.29, 0.717) is 25.2 Å². The third-order valence-corrected chi connectivity index (χ3v) is 2.69. The van der Waals surface area contributed by atoms with Gasteiger partial charge in [0.15, 0.2) is 5.82 Å². The van der Waals surface area contributed by atoms with Crippen molar-refractivity contribution in [1.82, 2.24) is 25.5 Å². The SMILES string of the molecule is O=C(O)C1CCN(Cc2nn[nH]n2)CC1. The molecule has 0 atom stereocenters. The molecule has 15 heavy (non-hydrogen) atoms. The quantitative estimate of drug-likeness (QED) is 0.699. The average Bonchev–Trinajstić information content (AvgIpc) is 2.71. The second kappa shape index (κ2) is 4.35. The van der Waals surface area contributed by atoms with Gasteiger partial charge in [0.2, 0.25) is 0 Å². The number of nitrogens with one attached hydrogen (secondary N) is 1. The first-order valence-electron chi connectivity index (χ1n) is 4.93. The van der Waals surface area contributed by atoms with E-state index in [1.54, 1.807) is 0 Å². The number of piperidine rings is 1. The van der Waals surface area contributed by atoms with E-state index < -0.39 is 5.97 Å². The number of H-pyrrole nitrogens is 1. The number of aromatic amines is 1. The third kappa shape index (κ3) is 2.50. The highest BCUT2D eigenvalue weighted by Crippen LogP contribution is 2.17. The Labute approximate surface area is 86.5 Å². The lowest BCUT2D eigenvalue weighted by Crippen LogP contribution is -2.36. The molecule has 82 valence electrons. The van der Waals surface area contributed by atoms with Crippen LogP contribution in [-0.4, -0.2) is 49.7 Å². The van der Waals surface area contributed by atoms with Gasteiger partial charge in [-0.15, -0.1) is 10.2 Å². The van der Waals surface area contributed by atoms with Crippen molar-refractivity contribution in [3.63, 3.8) is 0 Å². The fraction of sp³-hybridized carbons (Fsp3) is 0.750. The smallest absolute Gasteiger partial charge is 0.306 e. The number of likely N-dealkylation sites (tertiary alicyclic amines) is 1. The molecule has 1 aromatic rings. The molecule has 1 aliphatic rings. The van der Waals surface area contributed by atoms with Crippen LogP contribution in [0.2, 0.25) is 0 Å². The monoisotopic (exact) mass is 211 g/mol. The van der Waals surface area contributed by atoms with Crippen LogP contribution in [0.25, 0.3) is 0 Å². The molecule has 0 bridgehead atoms. The van der Waals surface area contributed by atoms with Crippen LogP contribution in [0, 0.1) is 5.92 Å². The molecule has 0 saturated carbocycles. The minimum absolute atomic E-state index is 0.188. The zero-order chi connectivity index (χ0) is 10.7. The van der Waals surface area contributed by atoms with Crippen molar-refractivity contribution in [2.45, 2.75) is 19.4 Å². The van der Waals surface area contributed by atoms with E-state index in [-0.39, 0.29) is 5.92 Å². The van der Waals surface area contributed by atoms with E-state index in [9.17, 15) is 4.79 Å². The number of carboxylic acids is 1. The van der Waals surface area contributed by atoms with Crippen molar-refractivity contribution in [3.05, 3.63) is 5.82 Å². The molecule has 0 radical (unpaired) electrons. The molecular formula is C8H13N5O2. The zero-order valence-corrected chi connectivity index (χ0v) is 8.26. The first-order valence-corrected chi connectivity index (χ1v) is 4.93. The standard InChI is InChI=1S/C8H13N5O2/c14-8(15)6-1-3-13(4-2-6)5-7-9-11-12-10-7/h6H,1-5H2,(H,14,15)(H,9,10,11,12). The first-order chi connectivity index (χ1) is 7.25. The number of carboxylic acid groups (broad SMARTS) is 1. The zero-order valence-electron chi connectivity index (χ0n) is 8.26. The summed E-state index contributed by atoms with van der Waals surface area (Å²) in [5, 5.41) is 22.4. The minimum atomic E-state index is -0.686. The van der Waals surface area contributed by atoms with Crippen LogP contribution in [0.15, 0.2) is 0 Å². The molecule has 2 N–H and O–H groups in total. The molecule has 0 aromatic carbocycles. The van der Waals surface area contributed by atoms with Crippen LogP contribution in [0.4, 0.5) is 0 Å². The second-order valence-corrected chi connectivity index (χ2v) is 3.72. The van der Waals surface area contributed by atoms with E-state index in [1.165, 1.54) is 0 Å². The van der Waals surface area contributed by atoms with Gasteiger partial charge in [-0.3, -0.25) is 9.69 Å². The van der Waals surface area contributed by atoms with Crippen LogP contribution < -0.4 is 0 Å². The Balaban J connectivity index is 1.81. The summed E-state index contributed by atoms with van der Waals surface area (Å²) in [5.41, 5.74) is 0. The summed E-state index contributed by atoms with van der Waals surface area (Å²) >= 11 is 0. The van der Waals surface area contributed by atoms with Gasteiger partial charge >= 0.3 is 5.97 Å². The molecule has 0 amide bonds. The second-order valence-electron chi connectivity index (χ2n) is 3.72. The van der Waals surface area contributed by atoms with Crippen molar-refractivity contribution < 1.29 is 9.90 Å². The Morgan fingerprint density at radius 1 is 1.53 bits per heavy atom. The van der Waals surface area contributed by atoms with E-state index in [4.69, 9.17) is 5.11 Å². The number of aromatic nitrogens is 4. The van der Waals surface area contributed by atoms with Crippen LogP contribution >= 0.6 is 0 Å². The number of hydrogen-bond donors (Lipinski definition) is 2. The molecule has 1 fully saturated rings. The Morgan fingerprint density at radius 2 is 2.27 bits per heavy atom. The summed E-state index contributed by atoms with van der Waals surface area (Å²) in [7, 11) is 0. The molecule has 0 aliphatic carbocycles. The molecule has 7 heteroatoms. The molecule has 0 unspecified atom stereocenters. The lowest BCUT2D eigenvalue weighted by Gasteiger charge is -2.28. The number of rotatable bonds is 3. The van der Waals surface area contributed by atoms with E-state index >= 15 is 0 Å². The van der Waals surface area contributed by atoms with Crippen molar-refractivity contribution in [1.29, 1.82) is 0 Å². The van der Waals surface area contributed by atoms with Gasteiger partial charge in [-0.25, -0.2) is 0 Å². The summed E-state index contributed by atoms with van der Waals surface area (Å²) < 4.78 is 0. The van der Waals surface area contributed by atoms with E-state index in [1.807, 2.05) is 0 Å². The van der Waals surface area contributed by atoms with E-state index in [2.05, 4.69) is 25.5 Å². The van der Waals surface area contributed by atoms with Crippen LogP contribution in [0.3, 0.4) is 0 Å². The largest absolute Gasteiger partial charge is 0.481 e. The molecular weight excluding hydrogens is 198 g/mol. The summed E-state index contributed by atoms with van der Waals surface area (Å²) in [6, 6.07) is 0. The first kappa shape index (κ1) is 10.0. The van der Waals surface area contributed by atoms with Gasteiger partial charge in [0.05, 0.1) is 12.5 Å². The highest BCUT2D eigenvalue weighted by molar-refractivity contribution is 5.70. The Bertz CT molecular complexity index is 318. The van der Waals surface area contributed by atoms with Gasteiger partial charge < -0.3 is 5.11 Å². The predicted octanol–water partition coefficient (Wildman–Crippen LogP) is -0.504. The number of nitrogens with zero attached hydrogens (tertiary/aromatic N) is 4. The number of tetrazole rings is 1. The number of carbonyl (C=O) groups is 1. The number of aliphatic carboxylic acids is 1. The van der Waals surface area contributed by atoms with Crippen LogP contribution in [-0.2, 0) is 11.3 Å². The molecule has 1 aliphatic heterocycles. The molecule has 1 aromatic heterocycles. The maximum Gasteiger partial charge on any atom is 0.306 e. The summed E-state index contributed by atoms with van der Waals surface area (Å²) in [4.78, 5) is 12.9. The maximum atomic E-state index is 10.7. The van der Waals surface area contributed by atoms with Crippen molar-refractivity contribution >= 4 is 5.97 Å². The van der Waals surface area contributed by atoms with Gasteiger partial charge in [-0.2, -0.15) is 5.21 Å². The lowest BCUT2D eigenvalue weighted by molar-refractivity contribution is -0.143. The molecule has 0 spiro atoms. The van der Waals surface area contributed by atoms with Crippen LogP contribution in [0.5, 0.6) is 0 Å². The predicted molar refractivity (Wildman–Crippen MR) is 49.8 cm³/mol. The van der Waals surface area contributed by atoms with Crippen molar-refractivity contribution in [3.8, 4) is 0 Å². The molecule has 2 rings (SSSR count). The van der Waals surface area contributed by atoms with Gasteiger partial charge in [0, 0.05) is 0 Å². The molecule has 7 nitrogen and oxygen atoms in total. The normalized spacial score (nSPS) is 19.2. The van der Waals surface area contributed by atoms with Gasteiger partial charge in [0.25, 0.3) is 0 Å². The maximum absolute atomic E-state index is 10.7. The van der Waals surface area contributed by atoms with Crippen molar-refractivity contribution in [2.75, 3.05) is 13.1 Å². The summed E-state index contributed by atoms with van der Waals surface area (Å²) in [5.74, 6) is -0.218. The van der Waals surface area contributed by atoms with Crippen LogP contribution in [0.1, 0.15) is 18.7 Å². The summed E-state index contributed by atoms with van der Waals surface area (Å²) in [6.45, 7) is 2.21. The Morgan fingerprint density at radius 3 is 2.80 bits per heavy atom. The molecule has 1 saturated heterocycles. The summed E-state index contributed by atoms with van der Waals surface area (Å²) in [6.07, 6.45) is 1.40. The van der Waals surface area contributed by atoms with Gasteiger partial charge in [-0.1, -0.05) is 5.21 Å². The minimum Gasteiger partial charge on any atom is -0.481 e.